The van der Waals surface area contributed by atoms with Gasteiger partial charge >= 0.3 is 0 Å². The topological polar surface area (TPSA) is 38.0 Å². The van der Waals surface area contributed by atoms with E-state index in [-0.39, 0.29) is 12.4 Å². The third-order valence-corrected chi connectivity index (χ3v) is 2.35. The third kappa shape index (κ3) is 3.50. The van der Waals surface area contributed by atoms with Crippen LogP contribution in [0, 0.1) is 12.7 Å². The molecule has 0 spiro atoms. The lowest BCUT2D eigenvalue weighted by Gasteiger charge is -2.17. The smallest absolute Gasteiger partial charge is 0.250 e. The van der Waals surface area contributed by atoms with Gasteiger partial charge in [-0.3, -0.25) is 0 Å². The van der Waals surface area contributed by atoms with E-state index >= 15 is 0 Å². The van der Waals surface area contributed by atoms with Crippen LogP contribution in [0.1, 0.15) is 17.2 Å². The summed E-state index contributed by atoms with van der Waals surface area (Å²) in [6.45, 7) is 1.34. The molecular weight excluding hydrogens is 217 g/mol. The van der Waals surface area contributed by atoms with Gasteiger partial charge in [-0.15, -0.1) is 0 Å². The first-order valence-corrected chi connectivity index (χ1v) is 5.02. The van der Waals surface area contributed by atoms with Gasteiger partial charge in [0.1, 0.15) is 5.82 Å². The molecule has 1 unspecified atom stereocenters. The number of alkyl halides is 2. The minimum atomic E-state index is -2.44. The highest BCUT2D eigenvalue weighted by molar-refractivity contribution is 5.26. The Morgan fingerprint density at radius 1 is 1.38 bits per heavy atom. The largest absolute Gasteiger partial charge is 0.329 e. The number of nitrogens with two attached hydrogens (primary N) is 1. The second-order valence-electron chi connectivity index (χ2n) is 3.60. The molecule has 0 aliphatic heterocycles. The Kier molecular flexibility index (Phi) is 4.76. The molecule has 1 atom stereocenters. The van der Waals surface area contributed by atoms with Gasteiger partial charge in [-0.1, -0.05) is 12.1 Å². The summed E-state index contributed by atoms with van der Waals surface area (Å²) < 4.78 is 37.3. The summed E-state index contributed by atoms with van der Waals surface area (Å²) in [6, 6.07) is 4.18. The van der Waals surface area contributed by atoms with Crippen LogP contribution in [0.4, 0.5) is 13.2 Å². The van der Waals surface area contributed by atoms with Gasteiger partial charge in [-0.25, -0.2) is 13.2 Å². The molecule has 0 aliphatic rings. The van der Waals surface area contributed by atoms with Crippen LogP contribution in [-0.2, 0) is 0 Å². The average molecular weight is 232 g/mol. The molecule has 0 saturated carbocycles. The van der Waals surface area contributed by atoms with E-state index in [1.54, 1.807) is 19.1 Å². The Labute approximate surface area is 92.6 Å². The number of benzene rings is 1. The van der Waals surface area contributed by atoms with Crippen LogP contribution in [0.15, 0.2) is 18.2 Å². The van der Waals surface area contributed by atoms with Crippen molar-refractivity contribution >= 4 is 0 Å². The van der Waals surface area contributed by atoms with E-state index in [0.29, 0.717) is 11.1 Å². The van der Waals surface area contributed by atoms with Crippen molar-refractivity contribution in [1.82, 2.24) is 5.32 Å². The van der Waals surface area contributed by atoms with Crippen molar-refractivity contribution in [2.45, 2.75) is 19.4 Å². The molecule has 1 aromatic carbocycles. The molecule has 0 saturated heterocycles. The maximum atomic E-state index is 13.3. The Morgan fingerprint density at radius 3 is 2.56 bits per heavy atom. The summed E-state index contributed by atoms with van der Waals surface area (Å²) in [7, 11) is 0. The second kappa shape index (κ2) is 5.86. The first kappa shape index (κ1) is 13.0. The number of hydrogen-bond acceptors (Lipinski definition) is 2. The number of hydrogen-bond donors (Lipinski definition) is 2. The van der Waals surface area contributed by atoms with Crippen molar-refractivity contribution < 1.29 is 13.2 Å². The minimum Gasteiger partial charge on any atom is -0.329 e. The zero-order valence-corrected chi connectivity index (χ0v) is 9.01. The highest BCUT2D eigenvalue weighted by Crippen LogP contribution is 2.16. The predicted molar refractivity (Wildman–Crippen MR) is 56.9 cm³/mol. The van der Waals surface area contributed by atoms with E-state index < -0.39 is 19.0 Å². The number of nitrogens with one attached hydrogen (secondary N) is 1. The van der Waals surface area contributed by atoms with Crippen molar-refractivity contribution in [1.29, 1.82) is 0 Å². The molecule has 0 bridgehead atoms. The van der Waals surface area contributed by atoms with Gasteiger partial charge in [0, 0.05) is 12.6 Å². The molecule has 90 valence electrons. The quantitative estimate of drug-likeness (QED) is 0.814. The molecule has 16 heavy (non-hydrogen) atoms. The lowest BCUT2D eigenvalue weighted by atomic mass is 10.0. The van der Waals surface area contributed by atoms with Gasteiger partial charge in [0.2, 0.25) is 0 Å². The predicted octanol–water partition coefficient (Wildman–Crippen LogP) is 1.99. The highest BCUT2D eigenvalue weighted by atomic mass is 19.3. The molecule has 5 heteroatoms. The summed E-state index contributed by atoms with van der Waals surface area (Å²) in [4.78, 5) is 0. The molecule has 0 fully saturated rings. The van der Waals surface area contributed by atoms with Gasteiger partial charge in [0.15, 0.2) is 0 Å². The van der Waals surface area contributed by atoms with Gasteiger partial charge in [0.05, 0.1) is 6.54 Å². The molecule has 3 N–H and O–H groups in total. The monoisotopic (exact) mass is 232 g/mol. The van der Waals surface area contributed by atoms with E-state index in [0.717, 1.165) is 0 Å². The normalized spacial score (nSPS) is 13.1. The Hall–Kier alpha value is -1.07. The standard InChI is InChI=1S/C11H15F3N2/c1-7-2-3-8(4-9(7)12)10(5-15)16-6-11(13)14/h2-4,10-11,16H,5-6,15H2,1H3. The lowest BCUT2D eigenvalue weighted by Crippen LogP contribution is -2.31. The minimum absolute atomic E-state index is 0.148. The SMILES string of the molecule is Cc1ccc(C(CN)NCC(F)F)cc1F. The van der Waals surface area contributed by atoms with Crippen LogP contribution in [0.25, 0.3) is 0 Å². The second-order valence-corrected chi connectivity index (χ2v) is 3.60. The average Bonchev–Trinajstić information content (AvgIpc) is 2.23. The molecular formula is C11H15F3N2. The van der Waals surface area contributed by atoms with Gasteiger partial charge in [0.25, 0.3) is 6.43 Å². The van der Waals surface area contributed by atoms with E-state index in [2.05, 4.69) is 5.32 Å². The zero-order chi connectivity index (χ0) is 12.1. The molecule has 0 amide bonds. The van der Waals surface area contributed by atoms with Gasteiger partial charge in [-0.05, 0) is 24.1 Å². The zero-order valence-electron chi connectivity index (χ0n) is 9.01. The Morgan fingerprint density at radius 2 is 2.06 bits per heavy atom. The fraction of sp³-hybridized carbons (Fsp3) is 0.455. The summed E-state index contributed by atoms with van der Waals surface area (Å²) in [5, 5.41) is 2.59. The van der Waals surface area contributed by atoms with Crippen LogP contribution in [0.2, 0.25) is 0 Å². The van der Waals surface area contributed by atoms with Crippen LogP contribution >= 0.6 is 0 Å². The lowest BCUT2D eigenvalue weighted by molar-refractivity contribution is 0.141. The summed E-state index contributed by atoms with van der Waals surface area (Å²) in [5.41, 5.74) is 6.56. The maximum absolute atomic E-state index is 13.3. The molecule has 2 nitrogen and oxygen atoms in total. The van der Waals surface area contributed by atoms with Crippen LogP contribution in [0.5, 0.6) is 0 Å². The van der Waals surface area contributed by atoms with Gasteiger partial charge < -0.3 is 11.1 Å². The van der Waals surface area contributed by atoms with Crippen molar-refractivity contribution in [3.63, 3.8) is 0 Å². The maximum Gasteiger partial charge on any atom is 0.250 e. The number of aryl methyl sites for hydroxylation is 1. The van der Waals surface area contributed by atoms with Crippen LogP contribution in [0.3, 0.4) is 0 Å². The van der Waals surface area contributed by atoms with Crippen LogP contribution < -0.4 is 11.1 Å². The molecule has 0 heterocycles. The van der Waals surface area contributed by atoms with E-state index in [1.165, 1.54) is 6.07 Å². The van der Waals surface area contributed by atoms with E-state index in [1.807, 2.05) is 0 Å². The highest BCUT2D eigenvalue weighted by Gasteiger charge is 2.12. The Balaban J connectivity index is 2.74. The summed E-state index contributed by atoms with van der Waals surface area (Å²) in [6.07, 6.45) is -2.44. The summed E-state index contributed by atoms with van der Waals surface area (Å²) in [5.74, 6) is -0.352. The molecule has 0 radical (unpaired) electrons. The fourth-order valence-electron chi connectivity index (χ4n) is 1.39. The van der Waals surface area contributed by atoms with Crippen molar-refractivity contribution in [3.8, 4) is 0 Å². The first-order valence-electron chi connectivity index (χ1n) is 5.02. The molecule has 1 rings (SSSR count). The van der Waals surface area contributed by atoms with Gasteiger partial charge in [-0.2, -0.15) is 0 Å². The third-order valence-electron chi connectivity index (χ3n) is 2.35. The first-order chi connectivity index (χ1) is 7.54. The van der Waals surface area contributed by atoms with Crippen molar-refractivity contribution in [3.05, 3.63) is 35.1 Å². The van der Waals surface area contributed by atoms with Crippen molar-refractivity contribution in [2.75, 3.05) is 13.1 Å². The van der Waals surface area contributed by atoms with Crippen LogP contribution in [-0.4, -0.2) is 19.5 Å². The van der Waals surface area contributed by atoms with E-state index in [9.17, 15) is 13.2 Å². The van der Waals surface area contributed by atoms with Crippen molar-refractivity contribution in [2.24, 2.45) is 5.73 Å². The molecule has 0 aromatic heterocycles. The van der Waals surface area contributed by atoms with E-state index in [4.69, 9.17) is 5.73 Å². The molecule has 0 aliphatic carbocycles. The summed E-state index contributed by atoms with van der Waals surface area (Å²) >= 11 is 0. The number of halogens is 3. The molecule has 1 aromatic rings. The fourth-order valence-corrected chi connectivity index (χ4v) is 1.39. The number of rotatable bonds is 5. The Bertz CT molecular complexity index is 342.